The largest absolute Gasteiger partial charge is 0.497 e. The van der Waals surface area contributed by atoms with Crippen molar-refractivity contribution in [1.82, 2.24) is 9.78 Å². The van der Waals surface area contributed by atoms with Crippen molar-refractivity contribution in [2.75, 3.05) is 7.11 Å². The number of nitrogens with zero attached hydrogens (tertiary/aromatic N) is 2. The molecule has 1 heterocycles. The van der Waals surface area contributed by atoms with Gasteiger partial charge in [0, 0.05) is 11.3 Å². The third-order valence-corrected chi connectivity index (χ3v) is 4.50. The van der Waals surface area contributed by atoms with Crippen molar-refractivity contribution in [2.24, 2.45) is 0 Å². The highest BCUT2D eigenvalue weighted by atomic mass is 16.5. The maximum atomic E-state index is 12.7. The van der Waals surface area contributed by atoms with Crippen LogP contribution in [0.1, 0.15) is 66.3 Å². The van der Waals surface area contributed by atoms with Gasteiger partial charge in [0.25, 0.3) is 5.91 Å². The molecule has 0 aliphatic carbocycles. The lowest BCUT2D eigenvalue weighted by Crippen LogP contribution is -2.15. The molecule has 0 bridgehead atoms. The first-order valence-corrected chi connectivity index (χ1v) is 8.82. The number of methoxy groups -OCH3 is 1. The van der Waals surface area contributed by atoms with E-state index in [1.807, 2.05) is 13.8 Å². The summed E-state index contributed by atoms with van der Waals surface area (Å²) in [5, 5.41) is 4.48. The number of aromatic nitrogens is 2. The van der Waals surface area contributed by atoms with Crippen LogP contribution >= 0.6 is 0 Å². The lowest BCUT2D eigenvalue weighted by atomic mass is 10.0. The second-order valence-corrected chi connectivity index (χ2v) is 6.26. The molecular weight excluding hydrogens is 300 g/mol. The van der Waals surface area contributed by atoms with Crippen LogP contribution in [0.15, 0.2) is 24.3 Å². The van der Waals surface area contributed by atoms with Gasteiger partial charge in [-0.2, -0.15) is 5.10 Å². The van der Waals surface area contributed by atoms with Gasteiger partial charge in [-0.3, -0.25) is 4.79 Å². The van der Waals surface area contributed by atoms with E-state index in [1.165, 1.54) is 31.2 Å². The van der Waals surface area contributed by atoms with Gasteiger partial charge in [-0.15, -0.1) is 0 Å². The quantitative estimate of drug-likeness (QED) is 0.659. The Morgan fingerprint density at radius 2 is 1.75 bits per heavy atom. The predicted octanol–water partition coefficient (Wildman–Crippen LogP) is 4.71. The Morgan fingerprint density at radius 1 is 1.08 bits per heavy atom. The highest BCUT2D eigenvalue weighted by Gasteiger charge is 2.17. The van der Waals surface area contributed by atoms with Crippen molar-refractivity contribution in [3.8, 4) is 5.75 Å². The lowest BCUT2D eigenvalue weighted by molar-refractivity contribution is 0.0942. The molecule has 2 rings (SSSR count). The summed E-state index contributed by atoms with van der Waals surface area (Å²) in [6.45, 7) is 6.21. The molecule has 2 aromatic rings. The number of hydrogen-bond donors (Lipinski definition) is 0. The van der Waals surface area contributed by atoms with E-state index in [1.54, 1.807) is 36.1 Å². The molecule has 0 saturated carbocycles. The van der Waals surface area contributed by atoms with Crippen LogP contribution < -0.4 is 4.74 Å². The zero-order valence-electron chi connectivity index (χ0n) is 15.3. The van der Waals surface area contributed by atoms with Crippen molar-refractivity contribution in [3.05, 3.63) is 46.8 Å². The number of aryl methyl sites for hydroxylation is 1. The van der Waals surface area contributed by atoms with Gasteiger partial charge in [0.05, 0.1) is 12.8 Å². The topological polar surface area (TPSA) is 44.1 Å². The van der Waals surface area contributed by atoms with Gasteiger partial charge >= 0.3 is 0 Å². The molecule has 1 aromatic heterocycles. The van der Waals surface area contributed by atoms with Gasteiger partial charge in [0.1, 0.15) is 5.75 Å². The van der Waals surface area contributed by atoms with Crippen LogP contribution in [0.2, 0.25) is 0 Å². The molecule has 0 radical (unpaired) electrons. The molecule has 0 unspecified atom stereocenters. The van der Waals surface area contributed by atoms with E-state index < -0.39 is 0 Å². The van der Waals surface area contributed by atoms with Gasteiger partial charge < -0.3 is 4.74 Å². The highest BCUT2D eigenvalue weighted by Crippen LogP contribution is 2.19. The zero-order chi connectivity index (χ0) is 17.5. The summed E-state index contributed by atoms with van der Waals surface area (Å²) in [7, 11) is 1.62. The van der Waals surface area contributed by atoms with Crippen molar-refractivity contribution in [1.29, 1.82) is 0 Å². The Labute approximate surface area is 144 Å². The summed E-state index contributed by atoms with van der Waals surface area (Å²) in [6.07, 6.45) is 7.23. The number of carbonyl (C=O) groups excluding carboxylic acids is 1. The Balaban J connectivity index is 2.10. The Kier molecular flexibility index (Phi) is 6.59. The van der Waals surface area contributed by atoms with Crippen molar-refractivity contribution < 1.29 is 9.53 Å². The van der Waals surface area contributed by atoms with Gasteiger partial charge in [0.15, 0.2) is 0 Å². The third-order valence-electron chi connectivity index (χ3n) is 4.50. The highest BCUT2D eigenvalue weighted by molar-refractivity contribution is 5.96. The number of rotatable bonds is 8. The minimum absolute atomic E-state index is 0.0875. The average Bonchev–Trinajstić information content (AvgIpc) is 2.89. The van der Waals surface area contributed by atoms with Crippen LogP contribution in [0.25, 0.3) is 0 Å². The molecule has 4 heteroatoms. The first kappa shape index (κ1) is 18.2. The maximum Gasteiger partial charge on any atom is 0.278 e. The Hall–Kier alpha value is -2.10. The Morgan fingerprint density at radius 3 is 2.38 bits per heavy atom. The standard InChI is InChI=1S/C20H28N2O2/c1-5-6-7-8-9-10-19-15(2)21-22(16(19)3)20(23)17-11-13-18(24-4)14-12-17/h11-14H,5-10H2,1-4H3. The SMILES string of the molecule is CCCCCCCc1c(C)nn(C(=O)c2ccc(OC)cc2)c1C. The van der Waals surface area contributed by atoms with Gasteiger partial charge in [0.2, 0.25) is 0 Å². The molecule has 0 aliphatic rings. The summed E-state index contributed by atoms with van der Waals surface area (Å²) in [4.78, 5) is 12.7. The van der Waals surface area contributed by atoms with E-state index in [0.29, 0.717) is 5.56 Å². The molecule has 1 aromatic carbocycles. The van der Waals surface area contributed by atoms with Crippen LogP contribution in [-0.2, 0) is 6.42 Å². The van der Waals surface area contributed by atoms with E-state index in [4.69, 9.17) is 4.74 Å². The Bertz CT molecular complexity index is 672. The van der Waals surface area contributed by atoms with Crippen LogP contribution in [0.4, 0.5) is 0 Å². The zero-order valence-corrected chi connectivity index (χ0v) is 15.3. The molecule has 0 saturated heterocycles. The van der Waals surface area contributed by atoms with Crippen LogP contribution in [0, 0.1) is 13.8 Å². The van der Waals surface area contributed by atoms with Crippen LogP contribution in [-0.4, -0.2) is 22.8 Å². The number of benzene rings is 1. The van der Waals surface area contributed by atoms with Gasteiger partial charge in [-0.05, 0) is 56.5 Å². The third kappa shape index (κ3) is 4.25. The van der Waals surface area contributed by atoms with Crippen LogP contribution in [0.3, 0.4) is 0 Å². The summed E-state index contributed by atoms with van der Waals surface area (Å²) in [5.74, 6) is 0.656. The first-order valence-electron chi connectivity index (χ1n) is 8.82. The van der Waals surface area contributed by atoms with Gasteiger partial charge in [-0.1, -0.05) is 32.6 Å². The summed E-state index contributed by atoms with van der Waals surface area (Å²) >= 11 is 0. The second-order valence-electron chi connectivity index (χ2n) is 6.26. The molecule has 0 amide bonds. The van der Waals surface area contributed by atoms with Crippen LogP contribution in [0.5, 0.6) is 5.75 Å². The van der Waals surface area contributed by atoms with E-state index >= 15 is 0 Å². The van der Waals surface area contributed by atoms with E-state index in [-0.39, 0.29) is 5.91 Å². The van der Waals surface area contributed by atoms with Crippen molar-refractivity contribution in [3.63, 3.8) is 0 Å². The van der Waals surface area contributed by atoms with Crippen molar-refractivity contribution in [2.45, 2.75) is 59.3 Å². The molecule has 0 spiro atoms. The van der Waals surface area contributed by atoms with E-state index in [9.17, 15) is 4.79 Å². The molecule has 24 heavy (non-hydrogen) atoms. The summed E-state index contributed by atoms with van der Waals surface area (Å²) in [6, 6.07) is 7.16. The number of carbonyl (C=O) groups is 1. The summed E-state index contributed by atoms with van der Waals surface area (Å²) in [5.41, 5.74) is 3.76. The molecule has 0 fully saturated rings. The molecule has 0 aliphatic heterocycles. The predicted molar refractivity (Wildman–Crippen MR) is 96.9 cm³/mol. The van der Waals surface area contributed by atoms with E-state index in [0.717, 1.165) is 30.0 Å². The molecule has 130 valence electrons. The number of ether oxygens (including phenoxy) is 1. The second kappa shape index (κ2) is 8.67. The molecule has 0 N–H and O–H groups in total. The van der Waals surface area contributed by atoms with E-state index in [2.05, 4.69) is 12.0 Å². The maximum absolute atomic E-state index is 12.7. The minimum atomic E-state index is -0.0875. The average molecular weight is 328 g/mol. The fourth-order valence-corrected chi connectivity index (χ4v) is 3.00. The molecular formula is C20H28N2O2. The summed E-state index contributed by atoms with van der Waals surface area (Å²) < 4.78 is 6.68. The fraction of sp³-hybridized carbons (Fsp3) is 0.500. The number of unbranched alkanes of at least 4 members (excludes halogenated alkanes) is 4. The smallest absolute Gasteiger partial charge is 0.278 e. The normalized spacial score (nSPS) is 10.8. The number of hydrogen-bond acceptors (Lipinski definition) is 3. The molecule has 0 atom stereocenters. The first-order chi connectivity index (χ1) is 11.6. The minimum Gasteiger partial charge on any atom is -0.497 e. The monoisotopic (exact) mass is 328 g/mol. The van der Waals surface area contributed by atoms with Crippen molar-refractivity contribution >= 4 is 5.91 Å². The van der Waals surface area contributed by atoms with Gasteiger partial charge in [-0.25, -0.2) is 4.68 Å². The lowest BCUT2D eigenvalue weighted by Gasteiger charge is -2.06. The fourth-order valence-electron chi connectivity index (χ4n) is 3.00. The molecule has 4 nitrogen and oxygen atoms in total.